The molecule has 2 aliphatic rings. The number of aliphatic hydroxyl groups is 1. The van der Waals surface area contributed by atoms with E-state index in [2.05, 4.69) is 10.2 Å². The van der Waals surface area contributed by atoms with E-state index in [4.69, 9.17) is 4.74 Å². The number of para-hydroxylation sites is 1. The summed E-state index contributed by atoms with van der Waals surface area (Å²) in [5.74, 6) is 0.560. The SMILES string of the molecule is CC1(C)CC(=O)C(N=Nc2cccc3c2OC(C)(C)C3)=C(O)C1. The van der Waals surface area contributed by atoms with E-state index < -0.39 is 0 Å². The molecule has 5 heteroatoms. The third kappa shape index (κ3) is 3.14. The van der Waals surface area contributed by atoms with Crippen LogP contribution in [0.25, 0.3) is 0 Å². The number of Topliss-reactive ketones (excluding diaryl/α,β-unsaturated/α-hetero) is 1. The molecule has 0 bridgehead atoms. The van der Waals surface area contributed by atoms with Crippen LogP contribution in [-0.4, -0.2) is 16.5 Å². The summed E-state index contributed by atoms with van der Waals surface area (Å²) in [6.45, 7) is 7.95. The molecule has 0 aromatic heterocycles. The molecule has 0 saturated heterocycles. The van der Waals surface area contributed by atoms with Crippen molar-refractivity contribution in [2.24, 2.45) is 15.6 Å². The fourth-order valence-corrected chi connectivity index (χ4v) is 3.17. The van der Waals surface area contributed by atoms with Gasteiger partial charge < -0.3 is 9.84 Å². The first-order chi connectivity index (χ1) is 10.7. The minimum Gasteiger partial charge on any atom is -0.510 e. The lowest BCUT2D eigenvalue weighted by atomic mass is 9.78. The Hall–Kier alpha value is -2.17. The zero-order valence-electron chi connectivity index (χ0n) is 14.0. The van der Waals surface area contributed by atoms with Gasteiger partial charge in [-0.15, -0.1) is 10.2 Å². The summed E-state index contributed by atoms with van der Waals surface area (Å²) in [4.78, 5) is 12.2. The van der Waals surface area contributed by atoms with Crippen LogP contribution in [0.15, 0.2) is 39.9 Å². The highest BCUT2D eigenvalue weighted by Crippen LogP contribution is 2.42. The van der Waals surface area contributed by atoms with Gasteiger partial charge in [0.15, 0.2) is 17.2 Å². The molecule has 1 aromatic carbocycles. The molecule has 1 aliphatic heterocycles. The summed E-state index contributed by atoms with van der Waals surface area (Å²) in [5, 5.41) is 18.3. The molecule has 1 aliphatic carbocycles. The molecule has 0 unspecified atom stereocenters. The molecule has 1 aromatic rings. The predicted octanol–water partition coefficient (Wildman–Crippen LogP) is 4.64. The maximum absolute atomic E-state index is 12.2. The Morgan fingerprint density at radius 1 is 1.09 bits per heavy atom. The molecule has 5 nitrogen and oxygen atoms in total. The summed E-state index contributed by atoms with van der Waals surface area (Å²) >= 11 is 0. The van der Waals surface area contributed by atoms with Gasteiger partial charge in [-0.25, -0.2) is 0 Å². The fraction of sp³-hybridized carbons (Fsp3) is 0.500. The minimum atomic E-state index is -0.264. The van der Waals surface area contributed by atoms with Crippen LogP contribution in [0, 0.1) is 5.41 Å². The number of carbonyl (C=O) groups excluding carboxylic acids is 1. The number of benzene rings is 1. The molecule has 23 heavy (non-hydrogen) atoms. The van der Waals surface area contributed by atoms with Crippen LogP contribution in [-0.2, 0) is 11.2 Å². The van der Waals surface area contributed by atoms with Crippen LogP contribution in [0.4, 0.5) is 5.69 Å². The Balaban J connectivity index is 1.91. The van der Waals surface area contributed by atoms with Crippen LogP contribution in [0.5, 0.6) is 5.75 Å². The Morgan fingerprint density at radius 3 is 2.52 bits per heavy atom. The van der Waals surface area contributed by atoms with Crippen molar-refractivity contribution in [3.05, 3.63) is 35.2 Å². The van der Waals surface area contributed by atoms with Crippen molar-refractivity contribution in [2.75, 3.05) is 0 Å². The second-order valence-electron chi connectivity index (χ2n) is 7.74. The highest BCUT2D eigenvalue weighted by molar-refractivity contribution is 5.96. The second kappa shape index (κ2) is 5.18. The van der Waals surface area contributed by atoms with Crippen molar-refractivity contribution >= 4 is 11.5 Å². The first-order valence-electron chi connectivity index (χ1n) is 7.85. The van der Waals surface area contributed by atoms with E-state index in [1.54, 1.807) is 6.07 Å². The number of ether oxygens (including phenoxy) is 1. The summed E-state index contributed by atoms with van der Waals surface area (Å²) in [6.07, 6.45) is 1.61. The van der Waals surface area contributed by atoms with Gasteiger partial charge in [0.1, 0.15) is 17.0 Å². The lowest BCUT2D eigenvalue weighted by Gasteiger charge is -2.27. The molecule has 1 heterocycles. The van der Waals surface area contributed by atoms with Crippen molar-refractivity contribution in [2.45, 2.75) is 52.6 Å². The number of fused-ring (bicyclic) bond motifs is 1. The number of hydrogen-bond acceptors (Lipinski definition) is 5. The molecule has 0 spiro atoms. The first kappa shape index (κ1) is 15.7. The predicted molar refractivity (Wildman–Crippen MR) is 87.0 cm³/mol. The molecule has 0 amide bonds. The highest BCUT2D eigenvalue weighted by atomic mass is 16.5. The zero-order chi connectivity index (χ0) is 16.8. The van der Waals surface area contributed by atoms with E-state index in [9.17, 15) is 9.90 Å². The summed E-state index contributed by atoms with van der Waals surface area (Å²) in [6, 6.07) is 5.71. The molecule has 0 atom stereocenters. The summed E-state index contributed by atoms with van der Waals surface area (Å²) in [7, 11) is 0. The molecular formula is C18H22N2O3. The second-order valence-corrected chi connectivity index (χ2v) is 7.74. The van der Waals surface area contributed by atoms with Crippen molar-refractivity contribution in [3.63, 3.8) is 0 Å². The number of nitrogens with zero attached hydrogens (tertiary/aromatic N) is 2. The van der Waals surface area contributed by atoms with E-state index in [1.807, 2.05) is 39.8 Å². The Morgan fingerprint density at radius 2 is 1.83 bits per heavy atom. The van der Waals surface area contributed by atoms with Crippen molar-refractivity contribution in [1.82, 2.24) is 0 Å². The molecule has 0 radical (unpaired) electrons. The van der Waals surface area contributed by atoms with Crippen LogP contribution >= 0.6 is 0 Å². The maximum Gasteiger partial charge on any atom is 0.187 e. The van der Waals surface area contributed by atoms with Gasteiger partial charge in [-0.1, -0.05) is 26.0 Å². The third-order valence-electron chi connectivity index (χ3n) is 4.15. The lowest BCUT2D eigenvalue weighted by molar-refractivity contribution is -0.118. The number of carbonyl (C=O) groups is 1. The van der Waals surface area contributed by atoms with Crippen LogP contribution in [0.1, 0.15) is 46.1 Å². The Bertz CT molecular complexity index is 730. The summed E-state index contributed by atoms with van der Waals surface area (Å²) < 4.78 is 5.93. The molecule has 122 valence electrons. The van der Waals surface area contributed by atoms with Gasteiger partial charge in [0.05, 0.1) is 0 Å². The fourth-order valence-electron chi connectivity index (χ4n) is 3.17. The molecule has 1 N–H and O–H groups in total. The number of rotatable bonds is 2. The number of hydrogen-bond donors (Lipinski definition) is 1. The number of aliphatic hydroxyl groups excluding tert-OH is 1. The van der Waals surface area contributed by atoms with Crippen molar-refractivity contribution < 1.29 is 14.6 Å². The lowest BCUT2D eigenvalue weighted by Crippen LogP contribution is -2.25. The third-order valence-corrected chi connectivity index (χ3v) is 4.15. The van der Waals surface area contributed by atoms with Gasteiger partial charge >= 0.3 is 0 Å². The van der Waals surface area contributed by atoms with Gasteiger partial charge in [0, 0.05) is 24.8 Å². The van der Waals surface area contributed by atoms with Crippen molar-refractivity contribution in [1.29, 1.82) is 0 Å². The van der Waals surface area contributed by atoms with Gasteiger partial charge in [-0.3, -0.25) is 4.79 Å². The number of ketones is 1. The molecular weight excluding hydrogens is 292 g/mol. The Kier molecular flexibility index (Phi) is 3.54. The van der Waals surface area contributed by atoms with Gasteiger partial charge in [0.25, 0.3) is 0 Å². The van der Waals surface area contributed by atoms with Crippen LogP contribution in [0.2, 0.25) is 0 Å². The van der Waals surface area contributed by atoms with Crippen LogP contribution in [0.3, 0.4) is 0 Å². The number of azo groups is 1. The quantitative estimate of drug-likeness (QED) is 0.808. The van der Waals surface area contributed by atoms with E-state index >= 15 is 0 Å². The average molecular weight is 314 g/mol. The normalized spacial score (nSPS) is 22.3. The van der Waals surface area contributed by atoms with E-state index in [-0.39, 0.29) is 28.3 Å². The molecule has 0 saturated carbocycles. The highest BCUT2D eigenvalue weighted by Gasteiger charge is 2.34. The van der Waals surface area contributed by atoms with Gasteiger partial charge in [-0.2, -0.15) is 0 Å². The van der Waals surface area contributed by atoms with E-state index in [1.165, 1.54) is 0 Å². The van der Waals surface area contributed by atoms with Gasteiger partial charge in [0.2, 0.25) is 0 Å². The minimum absolute atomic E-state index is 0.0174. The summed E-state index contributed by atoms with van der Waals surface area (Å²) in [5.41, 5.74) is 1.24. The molecule has 0 fully saturated rings. The monoisotopic (exact) mass is 314 g/mol. The Labute approximate surface area is 136 Å². The van der Waals surface area contributed by atoms with Crippen LogP contribution < -0.4 is 4.74 Å². The first-order valence-corrected chi connectivity index (χ1v) is 7.85. The van der Waals surface area contributed by atoms with E-state index in [0.29, 0.717) is 24.3 Å². The van der Waals surface area contributed by atoms with E-state index in [0.717, 1.165) is 12.0 Å². The molecule has 3 rings (SSSR count). The zero-order valence-corrected chi connectivity index (χ0v) is 14.0. The van der Waals surface area contributed by atoms with Gasteiger partial charge in [-0.05, 0) is 25.3 Å². The van der Waals surface area contributed by atoms with Crippen molar-refractivity contribution in [3.8, 4) is 5.75 Å². The standard InChI is InChI=1S/C18H22N2O3/c1-17(2)9-13(21)15(14(22)10-17)20-19-12-7-5-6-11-8-18(3,4)23-16(11)12/h5-7,21H,8-10H2,1-4H3. The smallest absolute Gasteiger partial charge is 0.187 e. The largest absolute Gasteiger partial charge is 0.510 e. The maximum atomic E-state index is 12.2. The topological polar surface area (TPSA) is 71.2 Å². The average Bonchev–Trinajstić information content (AvgIpc) is 2.71. The number of allylic oxidation sites excluding steroid dienone is 2.